The van der Waals surface area contributed by atoms with Crippen LogP contribution in [0, 0.1) is 0 Å². The SMILES string of the molecule is CCCCCCCCNC(N)=NCC(=O)N(C)CCc1ccccn1.I. The van der Waals surface area contributed by atoms with Gasteiger partial charge >= 0.3 is 0 Å². The van der Waals surface area contributed by atoms with E-state index in [9.17, 15) is 4.79 Å². The molecule has 0 aliphatic rings. The first-order valence-electron chi connectivity index (χ1n) is 9.31. The molecule has 0 aromatic carbocycles. The number of unbranched alkanes of at least 4 members (excludes halogenated alkanes) is 5. The van der Waals surface area contributed by atoms with Gasteiger partial charge in [0.05, 0.1) is 0 Å². The molecule has 0 radical (unpaired) electrons. The Kier molecular flexibility index (Phi) is 15.0. The van der Waals surface area contributed by atoms with Crippen LogP contribution in [0.3, 0.4) is 0 Å². The van der Waals surface area contributed by atoms with E-state index in [4.69, 9.17) is 5.73 Å². The molecule has 148 valence electrons. The van der Waals surface area contributed by atoms with Crippen LogP contribution < -0.4 is 11.1 Å². The molecule has 0 unspecified atom stereocenters. The molecule has 1 rings (SSSR count). The van der Waals surface area contributed by atoms with Gasteiger partial charge in [0.2, 0.25) is 5.91 Å². The van der Waals surface area contributed by atoms with E-state index in [-0.39, 0.29) is 36.4 Å². The summed E-state index contributed by atoms with van der Waals surface area (Å²) in [5.74, 6) is 0.306. The maximum atomic E-state index is 12.1. The van der Waals surface area contributed by atoms with Crippen LogP contribution in [0.2, 0.25) is 0 Å². The van der Waals surface area contributed by atoms with Gasteiger partial charge in [-0.2, -0.15) is 0 Å². The zero-order valence-electron chi connectivity index (χ0n) is 16.1. The molecular formula is C19H34IN5O. The normalized spacial score (nSPS) is 10.9. The molecule has 7 heteroatoms. The molecule has 6 nitrogen and oxygen atoms in total. The number of hydrogen-bond donors (Lipinski definition) is 2. The van der Waals surface area contributed by atoms with Gasteiger partial charge in [0.1, 0.15) is 6.54 Å². The summed E-state index contributed by atoms with van der Waals surface area (Å²) in [6.07, 6.45) is 9.93. The third-order valence-electron chi connectivity index (χ3n) is 4.08. The van der Waals surface area contributed by atoms with E-state index in [1.165, 1.54) is 32.1 Å². The zero-order chi connectivity index (χ0) is 18.3. The summed E-state index contributed by atoms with van der Waals surface area (Å²) >= 11 is 0. The highest BCUT2D eigenvalue weighted by atomic mass is 127. The first-order chi connectivity index (χ1) is 12.1. The molecule has 3 N–H and O–H groups in total. The molecule has 1 aromatic heterocycles. The summed E-state index contributed by atoms with van der Waals surface area (Å²) in [5.41, 5.74) is 6.79. The van der Waals surface area contributed by atoms with E-state index >= 15 is 0 Å². The molecule has 0 atom stereocenters. The van der Waals surface area contributed by atoms with E-state index in [2.05, 4.69) is 22.2 Å². The van der Waals surface area contributed by atoms with Crippen LogP contribution in [-0.4, -0.2) is 48.4 Å². The van der Waals surface area contributed by atoms with Crippen molar-refractivity contribution < 1.29 is 4.79 Å². The van der Waals surface area contributed by atoms with Crippen molar-refractivity contribution in [1.82, 2.24) is 15.2 Å². The third-order valence-corrected chi connectivity index (χ3v) is 4.08. The summed E-state index contributed by atoms with van der Waals surface area (Å²) in [4.78, 5) is 22.1. The van der Waals surface area contributed by atoms with Gasteiger partial charge in [-0.25, -0.2) is 4.99 Å². The van der Waals surface area contributed by atoms with Gasteiger partial charge in [-0.15, -0.1) is 24.0 Å². The van der Waals surface area contributed by atoms with E-state index in [0.29, 0.717) is 12.5 Å². The van der Waals surface area contributed by atoms with E-state index in [1.807, 2.05) is 18.2 Å². The molecule has 0 bridgehead atoms. The lowest BCUT2D eigenvalue weighted by atomic mass is 10.1. The molecule has 0 saturated heterocycles. The number of rotatable bonds is 12. The van der Waals surface area contributed by atoms with Crippen LogP contribution >= 0.6 is 24.0 Å². The van der Waals surface area contributed by atoms with Gasteiger partial charge in [0, 0.05) is 38.4 Å². The fourth-order valence-corrected chi connectivity index (χ4v) is 2.40. The van der Waals surface area contributed by atoms with Crippen molar-refractivity contribution in [2.75, 3.05) is 26.7 Å². The lowest BCUT2D eigenvalue weighted by Crippen LogP contribution is -2.35. The number of nitrogens with two attached hydrogens (primary N) is 1. The van der Waals surface area contributed by atoms with Crippen LogP contribution in [0.15, 0.2) is 29.4 Å². The molecular weight excluding hydrogens is 441 g/mol. The highest BCUT2D eigenvalue weighted by molar-refractivity contribution is 14.0. The Balaban J connectivity index is 0.00000625. The van der Waals surface area contributed by atoms with Crippen LogP contribution in [0.5, 0.6) is 0 Å². The summed E-state index contributed by atoms with van der Waals surface area (Å²) in [6, 6.07) is 5.79. The number of likely N-dealkylation sites (N-methyl/N-ethyl adjacent to an activating group) is 1. The lowest BCUT2D eigenvalue weighted by molar-refractivity contribution is -0.128. The van der Waals surface area contributed by atoms with Crippen molar-refractivity contribution in [3.05, 3.63) is 30.1 Å². The fraction of sp³-hybridized carbons (Fsp3) is 0.632. The first kappa shape index (κ1) is 24.6. The van der Waals surface area contributed by atoms with Crippen LogP contribution in [-0.2, 0) is 11.2 Å². The number of pyridine rings is 1. The number of nitrogens with one attached hydrogen (secondary N) is 1. The Bertz CT molecular complexity index is 510. The summed E-state index contributed by atoms with van der Waals surface area (Å²) in [6.45, 7) is 3.73. The van der Waals surface area contributed by atoms with E-state index < -0.39 is 0 Å². The second-order valence-electron chi connectivity index (χ2n) is 6.28. The largest absolute Gasteiger partial charge is 0.370 e. The molecule has 0 aliphatic heterocycles. The standard InChI is InChI=1S/C19H33N5O.HI/c1-3-4-5-6-7-9-14-22-19(20)23-16-18(25)24(2)15-12-17-11-8-10-13-21-17;/h8,10-11,13H,3-7,9,12,14-16H2,1-2H3,(H3,20,22,23);1H. The minimum absolute atomic E-state index is 0. The third kappa shape index (κ3) is 12.1. The first-order valence-corrected chi connectivity index (χ1v) is 9.31. The molecule has 1 heterocycles. The summed E-state index contributed by atoms with van der Waals surface area (Å²) in [7, 11) is 1.78. The van der Waals surface area contributed by atoms with Gasteiger partial charge in [0.15, 0.2) is 5.96 Å². The number of guanidine groups is 1. The van der Waals surface area contributed by atoms with Gasteiger partial charge in [0.25, 0.3) is 0 Å². The molecule has 26 heavy (non-hydrogen) atoms. The Morgan fingerprint density at radius 2 is 1.96 bits per heavy atom. The molecule has 0 saturated carbocycles. The number of nitrogens with zero attached hydrogens (tertiary/aromatic N) is 3. The Hall–Kier alpha value is -1.38. The highest BCUT2D eigenvalue weighted by Crippen LogP contribution is 2.04. The smallest absolute Gasteiger partial charge is 0.244 e. The fourth-order valence-electron chi connectivity index (χ4n) is 2.40. The maximum Gasteiger partial charge on any atom is 0.244 e. The highest BCUT2D eigenvalue weighted by Gasteiger charge is 2.08. The van der Waals surface area contributed by atoms with E-state index in [0.717, 1.165) is 25.1 Å². The number of amides is 1. The van der Waals surface area contributed by atoms with Gasteiger partial charge < -0.3 is 16.0 Å². The Morgan fingerprint density at radius 1 is 1.23 bits per heavy atom. The topological polar surface area (TPSA) is 83.6 Å². The second-order valence-corrected chi connectivity index (χ2v) is 6.28. The van der Waals surface area contributed by atoms with Crippen molar-refractivity contribution in [2.24, 2.45) is 10.7 Å². The lowest BCUT2D eigenvalue weighted by Gasteiger charge is -2.16. The van der Waals surface area contributed by atoms with Crippen LogP contribution in [0.25, 0.3) is 0 Å². The van der Waals surface area contributed by atoms with Crippen molar-refractivity contribution in [3.8, 4) is 0 Å². The predicted octanol–water partition coefficient (Wildman–Crippen LogP) is 2.97. The average molecular weight is 475 g/mol. The van der Waals surface area contributed by atoms with Crippen molar-refractivity contribution in [2.45, 2.75) is 51.9 Å². The van der Waals surface area contributed by atoms with Crippen molar-refractivity contribution >= 4 is 35.8 Å². The maximum absolute atomic E-state index is 12.1. The predicted molar refractivity (Wildman–Crippen MR) is 119 cm³/mol. The number of carbonyl (C=O) groups is 1. The molecule has 1 aromatic rings. The molecule has 0 fully saturated rings. The minimum atomic E-state index is -0.0414. The number of carbonyl (C=O) groups excluding carboxylic acids is 1. The van der Waals surface area contributed by atoms with Crippen molar-refractivity contribution in [3.63, 3.8) is 0 Å². The second kappa shape index (κ2) is 15.8. The Morgan fingerprint density at radius 3 is 2.65 bits per heavy atom. The quantitative estimate of drug-likeness (QED) is 0.211. The van der Waals surface area contributed by atoms with E-state index in [1.54, 1.807) is 18.1 Å². The molecule has 1 amide bonds. The average Bonchev–Trinajstić information content (AvgIpc) is 2.64. The number of aliphatic imine (C=N–C) groups is 1. The minimum Gasteiger partial charge on any atom is -0.370 e. The monoisotopic (exact) mass is 475 g/mol. The molecule has 0 aliphatic carbocycles. The van der Waals surface area contributed by atoms with Crippen LogP contribution in [0.4, 0.5) is 0 Å². The summed E-state index contributed by atoms with van der Waals surface area (Å²) in [5, 5.41) is 3.07. The molecule has 0 spiro atoms. The van der Waals surface area contributed by atoms with Crippen molar-refractivity contribution in [1.29, 1.82) is 0 Å². The summed E-state index contributed by atoms with van der Waals surface area (Å²) < 4.78 is 0. The number of hydrogen-bond acceptors (Lipinski definition) is 3. The number of halogens is 1. The van der Waals surface area contributed by atoms with Gasteiger partial charge in [-0.3, -0.25) is 9.78 Å². The zero-order valence-corrected chi connectivity index (χ0v) is 18.4. The number of aromatic nitrogens is 1. The van der Waals surface area contributed by atoms with Gasteiger partial charge in [-0.05, 0) is 18.6 Å². The Labute approximate surface area is 175 Å². The van der Waals surface area contributed by atoms with Crippen LogP contribution in [0.1, 0.15) is 51.1 Å². The van der Waals surface area contributed by atoms with Gasteiger partial charge in [-0.1, -0.05) is 45.1 Å².